The molecule has 0 saturated carbocycles. The molecule has 0 unspecified atom stereocenters. The first-order valence-corrected chi connectivity index (χ1v) is 9.14. The summed E-state index contributed by atoms with van der Waals surface area (Å²) >= 11 is 0. The molecule has 1 aromatic heterocycles. The molecule has 0 aliphatic carbocycles. The van der Waals surface area contributed by atoms with Gasteiger partial charge in [-0.05, 0) is 32.3 Å². The SMILES string of the molecule is [C-]#[N+]c1ccc(-c2nc(C)c3n2CCCC3=O)cc1NC1CCOCC1. The number of imidazole rings is 1. The lowest BCUT2D eigenvalue weighted by molar-refractivity contribution is 0.0904. The summed E-state index contributed by atoms with van der Waals surface area (Å²) in [4.78, 5) is 20.6. The van der Waals surface area contributed by atoms with E-state index in [2.05, 4.69) is 15.1 Å². The fraction of sp³-hybridized carbons (Fsp3) is 0.450. The zero-order chi connectivity index (χ0) is 18.1. The van der Waals surface area contributed by atoms with Gasteiger partial charge in [-0.25, -0.2) is 9.83 Å². The molecule has 1 aromatic carbocycles. The molecule has 0 spiro atoms. The van der Waals surface area contributed by atoms with Gasteiger partial charge in [0, 0.05) is 43.5 Å². The molecule has 3 heterocycles. The second kappa shape index (κ2) is 6.93. The minimum absolute atomic E-state index is 0.172. The average Bonchev–Trinajstić information content (AvgIpc) is 3.00. The molecule has 2 aromatic rings. The second-order valence-electron chi connectivity index (χ2n) is 6.92. The number of aromatic nitrogens is 2. The van der Waals surface area contributed by atoms with Gasteiger partial charge in [0.1, 0.15) is 11.5 Å². The van der Waals surface area contributed by atoms with Gasteiger partial charge in [0.15, 0.2) is 5.78 Å². The van der Waals surface area contributed by atoms with E-state index in [-0.39, 0.29) is 5.78 Å². The number of anilines is 1. The van der Waals surface area contributed by atoms with Crippen LogP contribution in [0.3, 0.4) is 0 Å². The van der Waals surface area contributed by atoms with Crippen molar-refractivity contribution in [3.63, 3.8) is 0 Å². The number of benzene rings is 1. The van der Waals surface area contributed by atoms with Gasteiger partial charge >= 0.3 is 0 Å². The quantitative estimate of drug-likeness (QED) is 0.851. The molecule has 0 bridgehead atoms. The number of hydrogen-bond acceptors (Lipinski definition) is 4. The van der Waals surface area contributed by atoms with Crippen LogP contribution in [0.25, 0.3) is 16.2 Å². The van der Waals surface area contributed by atoms with Crippen LogP contribution in [0, 0.1) is 13.5 Å². The molecule has 2 aliphatic rings. The number of aryl methyl sites for hydroxylation is 1. The summed E-state index contributed by atoms with van der Waals surface area (Å²) < 4.78 is 7.45. The highest BCUT2D eigenvalue weighted by atomic mass is 16.5. The first-order chi connectivity index (χ1) is 12.7. The van der Waals surface area contributed by atoms with E-state index in [1.807, 2.05) is 29.7 Å². The molecule has 0 amide bonds. The molecule has 26 heavy (non-hydrogen) atoms. The zero-order valence-corrected chi connectivity index (χ0v) is 14.9. The maximum absolute atomic E-state index is 12.3. The third-order valence-electron chi connectivity index (χ3n) is 5.15. The van der Waals surface area contributed by atoms with Crippen molar-refractivity contribution in [2.45, 2.75) is 45.2 Å². The first kappa shape index (κ1) is 16.8. The van der Waals surface area contributed by atoms with Gasteiger partial charge in [-0.1, -0.05) is 12.1 Å². The van der Waals surface area contributed by atoms with Crippen LogP contribution in [-0.2, 0) is 11.3 Å². The number of ketones is 1. The molecule has 0 radical (unpaired) electrons. The summed E-state index contributed by atoms with van der Waals surface area (Å²) in [5.74, 6) is 0.989. The Balaban J connectivity index is 1.72. The summed E-state index contributed by atoms with van der Waals surface area (Å²) in [6, 6.07) is 6.08. The number of nitrogens with one attached hydrogen (secondary N) is 1. The molecular weight excluding hydrogens is 328 g/mol. The van der Waals surface area contributed by atoms with Crippen LogP contribution in [-0.4, -0.2) is 34.6 Å². The van der Waals surface area contributed by atoms with E-state index in [1.165, 1.54) is 0 Å². The number of carbonyl (C=O) groups is 1. The molecule has 1 saturated heterocycles. The predicted octanol–water partition coefficient (Wildman–Crippen LogP) is 3.98. The number of Topliss-reactive ketones (excluding diaryl/α,β-unsaturated/α-hetero) is 1. The largest absolute Gasteiger partial charge is 0.391 e. The molecule has 4 rings (SSSR count). The monoisotopic (exact) mass is 350 g/mol. The van der Waals surface area contributed by atoms with E-state index in [0.717, 1.165) is 67.5 Å². The van der Waals surface area contributed by atoms with Crippen LogP contribution in [0.1, 0.15) is 41.9 Å². The minimum Gasteiger partial charge on any atom is -0.391 e. The molecular formula is C20H22N4O2. The number of rotatable bonds is 3. The van der Waals surface area contributed by atoms with E-state index in [1.54, 1.807) is 0 Å². The Hall–Kier alpha value is -2.65. The van der Waals surface area contributed by atoms with Crippen molar-refractivity contribution in [1.82, 2.24) is 9.55 Å². The van der Waals surface area contributed by atoms with Gasteiger partial charge in [0.25, 0.3) is 0 Å². The van der Waals surface area contributed by atoms with Gasteiger partial charge in [-0.3, -0.25) is 4.79 Å². The topological polar surface area (TPSA) is 60.5 Å². The molecule has 134 valence electrons. The van der Waals surface area contributed by atoms with E-state index in [9.17, 15) is 4.79 Å². The van der Waals surface area contributed by atoms with Gasteiger partial charge < -0.3 is 14.6 Å². The van der Waals surface area contributed by atoms with Gasteiger partial charge in [0.05, 0.1) is 12.3 Å². The summed E-state index contributed by atoms with van der Waals surface area (Å²) in [5, 5.41) is 3.51. The summed E-state index contributed by atoms with van der Waals surface area (Å²) in [6.45, 7) is 11.7. The lowest BCUT2D eigenvalue weighted by Gasteiger charge is -2.25. The number of nitrogens with zero attached hydrogens (tertiary/aromatic N) is 3. The maximum Gasteiger partial charge on any atom is 0.209 e. The molecule has 6 heteroatoms. The highest BCUT2D eigenvalue weighted by Gasteiger charge is 2.25. The summed E-state index contributed by atoms with van der Waals surface area (Å²) in [7, 11) is 0. The number of ether oxygens (including phenoxy) is 1. The molecule has 1 fully saturated rings. The van der Waals surface area contributed by atoms with Gasteiger partial charge in [-0.15, -0.1) is 0 Å². The number of fused-ring (bicyclic) bond motifs is 1. The lowest BCUT2D eigenvalue weighted by Crippen LogP contribution is -2.27. The van der Waals surface area contributed by atoms with Crippen LogP contribution < -0.4 is 5.32 Å². The number of carbonyl (C=O) groups excluding carboxylic acids is 1. The van der Waals surface area contributed by atoms with E-state index < -0.39 is 0 Å². The Morgan fingerprint density at radius 2 is 2.15 bits per heavy atom. The van der Waals surface area contributed by atoms with Crippen LogP contribution >= 0.6 is 0 Å². The third-order valence-corrected chi connectivity index (χ3v) is 5.15. The average molecular weight is 350 g/mol. The molecule has 0 atom stereocenters. The Bertz CT molecular complexity index is 888. The highest BCUT2D eigenvalue weighted by molar-refractivity contribution is 5.97. The van der Waals surface area contributed by atoms with E-state index in [0.29, 0.717) is 18.2 Å². The molecule has 6 nitrogen and oxygen atoms in total. The lowest BCUT2D eigenvalue weighted by atomic mass is 10.1. The van der Waals surface area contributed by atoms with Crippen molar-refractivity contribution in [2.75, 3.05) is 18.5 Å². The first-order valence-electron chi connectivity index (χ1n) is 9.14. The molecule has 1 N–H and O–H groups in total. The Kier molecular flexibility index (Phi) is 4.48. The summed E-state index contributed by atoms with van der Waals surface area (Å²) in [5.41, 5.74) is 3.91. The highest BCUT2D eigenvalue weighted by Crippen LogP contribution is 2.34. The second-order valence-corrected chi connectivity index (χ2v) is 6.92. The van der Waals surface area contributed by atoms with E-state index in [4.69, 9.17) is 11.3 Å². The van der Waals surface area contributed by atoms with Crippen molar-refractivity contribution >= 4 is 17.2 Å². The van der Waals surface area contributed by atoms with Crippen molar-refractivity contribution in [1.29, 1.82) is 0 Å². The summed E-state index contributed by atoms with van der Waals surface area (Å²) in [6.07, 6.45) is 3.32. The predicted molar refractivity (Wildman–Crippen MR) is 99.7 cm³/mol. The van der Waals surface area contributed by atoms with E-state index >= 15 is 0 Å². The smallest absolute Gasteiger partial charge is 0.209 e. The zero-order valence-electron chi connectivity index (χ0n) is 14.9. The fourth-order valence-corrected chi connectivity index (χ4v) is 3.83. The standard InChI is InChI=1S/C20H22N4O2/c1-13-19-18(25)4-3-9-24(19)20(22-13)14-5-6-16(21-2)17(12-14)23-15-7-10-26-11-8-15/h5-6,12,15,23H,3-4,7-11H2,1H3. The van der Waals surface area contributed by atoms with Crippen LogP contribution in [0.4, 0.5) is 11.4 Å². The normalized spacial score (nSPS) is 17.6. The van der Waals surface area contributed by atoms with Gasteiger partial charge in [-0.2, -0.15) is 0 Å². The van der Waals surface area contributed by atoms with Gasteiger partial charge in [0.2, 0.25) is 5.69 Å². The Labute approximate surface area is 153 Å². The Morgan fingerprint density at radius 1 is 1.35 bits per heavy atom. The number of hydrogen-bond donors (Lipinski definition) is 1. The van der Waals surface area contributed by atoms with Crippen LogP contribution in [0.2, 0.25) is 0 Å². The van der Waals surface area contributed by atoms with Crippen molar-refractivity contribution in [3.8, 4) is 11.4 Å². The maximum atomic E-state index is 12.3. The minimum atomic E-state index is 0.172. The molecule has 2 aliphatic heterocycles. The van der Waals surface area contributed by atoms with Crippen LogP contribution in [0.5, 0.6) is 0 Å². The van der Waals surface area contributed by atoms with Crippen molar-refractivity contribution < 1.29 is 9.53 Å². The third kappa shape index (κ3) is 2.99. The van der Waals surface area contributed by atoms with Crippen molar-refractivity contribution in [2.24, 2.45) is 0 Å². The Morgan fingerprint density at radius 3 is 2.92 bits per heavy atom. The van der Waals surface area contributed by atoms with Crippen LogP contribution in [0.15, 0.2) is 18.2 Å². The fourth-order valence-electron chi connectivity index (χ4n) is 3.83. The van der Waals surface area contributed by atoms with Crippen molar-refractivity contribution in [3.05, 3.63) is 41.0 Å².